The van der Waals surface area contributed by atoms with Gasteiger partial charge in [0.25, 0.3) is 5.91 Å². The molecule has 4 rings (SSSR count). The third kappa shape index (κ3) is 4.20. The maximum atomic E-state index is 12.9. The van der Waals surface area contributed by atoms with E-state index in [9.17, 15) is 4.79 Å². The molecule has 1 amide bonds. The van der Waals surface area contributed by atoms with Gasteiger partial charge < -0.3 is 18.8 Å². The van der Waals surface area contributed by atoms with Crippen molar-refractivity contribution < 1.29 is 18.7 Å². The quantitative estimate of drug-likeness (QED) is 0.669. The molecule has 0 radical (unpaired) electrons. The Bertz CT molecular complexity index is 906. The molecule has 0 spiro atoms. The molecule has 1 atom stereocenters. The molecule has 0 aliphatic carbocycles. The smallest absolute Gasteiger partial charge is 0.254 e. The summed E-state index contributed by atoms with van der Waals surface area (Å²) in [6, 6.07) is 11.1. The molecule has 1 saturated heterocycles. The third-order valence-electron chi connectivity index (χ3n) is 4.38. The van der Waals surface area contributed by atoms with Crippen molar-refractivity contribution in [1.82, 2.24) is 9.88 Å². The highest BCUT2D eigenvalue weighted by atomic mass is 32.1. The first-order chi connectivity index (χ1) is 13.2. The third-order valence-corrected chi connectivity index (χ3v) is 5.02. The molecule has 3 aromatic rings. The molecular formula is C20H20N2O4S. The minimum absolute atomic E-state index is 0.0364. The number of ether oxygens (including phenoxy) is 2. The van der Waals surface area contributed by atoms with Gasteiger partial charge in [-0.05, 0) is 37.3 Å². The van der Waals surface area contributed by atoms with Gasteiger partial charge in [0, 0.05) is 17.5 Å². The minimum Gasteiger partial charge on any atom is -0.487 e. The van der Waals surface area contributed by atoms with Crippen LogP contribution >= 0.6 is 11.3 Å². The predicted molar refractivity (Wildman–Crippen MR) is 101 cm³/mol. The van der Waals surface area contributed by atoms with E-state index in [1.807, 2.05) is 36.6 Å². The summed E-state index contributed by atoms with van der Waals surface area (Å²) in [6.07, 6.45) is -0.236. The Morgan fingerprint density at radius 1 is 1.37 bits per heavy atom. The molecule has 3 heterocycles. The van der Waals surface area contributed by atoms with Crippen LogP contribution in [-0.2, 0) is 11.3 Å². The second-order valence-corrected chi connectivity index (χ2v) is 7.07. The number of aromatic nitrogens is 1. The van der Waals surface area contributed by atoms with E-state index in [-0.39, 0.29) is 12.0 Å². The van der Waals surface area contributed by atoms with Crippen molar-refractivity contribution in [2.45, 2.75) is 19.6 Å². The van der Waals surface area contributed by atoms with Crippen LogP contribution in [0.15, 0.2) is 51.7 Å². The van der Waals surface area contributed by atoms with Crippen LogP contribution < -0.4 is 4.74 Å². The molecule has 2 aromatic heterocycles. The van der Waals surface area contributed by atoms with Crippen LogP contribution in [0.5, 0.6) is 5.75 Å². The van der Waals surface area contributed by atoms with Gasteiger partial charge in [-0.2, -0.15) is 0 Å². The number of furan rings is 1. The minimum atomic E-state index is -0.236. The lowest BCUT2D eigenvalue weighted by atomic mass is 10.1. The summed E-state index contributed by atoms with van der Waals surface area (Å²) >= 11 is 1.53. The van der Waals surface area contributed by atoms with E-state index in [1.165, 1.54) is 11.3 Å². The highest BCUT2D eigenvalue weighted by Crippen LogP contribution is 2.25. The van der Waals surface area contributed by atoms with Crippen LogP contribution in [0.1, 0.15) is 33.7 Å². The van der Waals surface area contributed by atoms with Gasteiger partial charge in [0.05, 0.1) is 24.4 Å². The Morgan fingerprint density at radius 3 is 3.07 bits per heavy atom. The highest BCUT2D eigenvalue weighted by Gasteiger charge is 2.28. The molecule has 7 heteroatoms. The van der Waals surface area contributed by atoms with Gasteiger partial charge >= 0.3 is 0 Å². The monoisotopic (exact) mass is 384 g/mol. The summed E-state index contributed by atoms with van der Waals surface area (Å²) in [7, 11) is 0. The van der Waals surface area contributed by atoms with E-state index in [2.05, 4.69) is 4.98 Å². The maximum absolute atomic E-state index is 12.9. The fourth-order valence-electron chi connectivity index (χ4n) is 3.00. The lowest BCUT2D eigenvalue weighted by Crippen LogP contribution is -2.42. The number of nitrogens with zero attached hydrogens (tertiary/aromatic N) is 2. The number of thiazole rings is 1. The number of carbonyl (C=O) groups excluding carboxylic acids is 1. The first-order valence-electron chi connectivity index (χ1n) is 8.76. The SMILES string of the molecule is Cc1ccc([C@@H]2CN(C(=O)c3cccc(OCc4cscn4)c3)CCO2)o1. The Balaban J connectivity index is 1.43. The summed E-state index contributed by atoms with van der Waals surface area (Å²) in [6.45, 7) is 3.79. The zero-order chi connectivity index (χ0) is 18.6. The van der Waals surface area contributed by atoms with Gasteiger partial charge in [0.1, 0.15) is 30.0 Å². The maximum Gasteiger partial charge on any atom is 0.254 e. The summed E-state index contributed by atoms with van der Waals surface area (Å²) < 4.78 is 17.2. The molecule has 0 unspecified atom stereocenters. The zero-order valence-electron chi connectivity index (χ0n) is 15.0. The standard InChI is InChI=1S/C20H20N2O4S/c1-14-5-6-18(26-14)19-10-22(7-8-24-19)20(23)15-3-2-4-17(9-15)25-11-16-12-27-13-21-16/h2-6,9,12-13,19H,7-8,10-11H2,1H3/t19-/m0/s1. The van der Waals surface area contributed by atoms with Crippen molar-refractivity contribution in [3.63, 3.8) is 0 Å². The number of morpholine rings is 1. The molecule has 1 aliphatic rings. The first kappa shape index (κ1) is 17.8. The normalized spacial score (nSPS) is 17.1. The average Bonchev–Trinajstić information content (AvgIpc) is 3.38. The van der Waals surface area contributed by atoms with Crippen LogP contribution in [-0.4, -0.2) is 35.5 Å². The fraction of sp³-hybridized carbons (Fsp3) is 0.300. The Labute approximate surface area is 161 Å². The van der Waals surface area contributed by atoms with Crippen molar-refractivity contribution >= 4 is 17.2 Å². The second-order valence-electron chi connectivity index (χ2n) is 6.36. The van der Waals surface area contributed by atoms with Gasteiger partial charge in [0.15, 0.2) is 0 Å². The van der Waals surface area contributed by atoms with E-state index in [1.54, 1.807) is 22.5 Å². The highest BCUT2D eigenvalue weighted by molar-refractivity contribution is 7.07. The van der Waals surface area contributed by atoms with Crippen LogP contribution in [0.3, 0.4) is 0 Å². The molecule has 1 aliphatic heterocycles. The number of benzene rings is 1. The predicted octanol–water partition coefficient (Wildman–Crippen LogP) is 3.84. The van der Waals surface area contributed by atoms with Crippen molar-refractivity contribution in [3.8, 4) is 5.75 Å². The number of aryl methyl sites for hydroxylation is 1. The van der Waals surface area contributed by atoms with Gasteiger partial charge in [-0.15, -0.1) is 11.3 Å². The molecule has 0 bridgehead atoms. The van der Waals surface area contributed by atoms with Crippen molar-refractivity contribution in [2.75, 3.05) is 19.7 Å². The number of amides is 1. The number of hydrogen-bond acceptors (Lipinski definition) is 6. The zero-order valence-corrected chi connectivity index (χ0v) is 15.8. The lowest BCUT2D eigenvalue weighted by Gasteiger charge is -2.32. The van der Waals surface area contributed by atoms with E-state index in [4.69, 9.17) is 13.9 Å². The van der Waals surface area contributed by atoms with Gasteiger partial charge in [-0.1, -0.05) is 6.07 Å². The average molecular weight is 384 g/mol. The fourth-order valence-corrected chi connectivity index (χ4v) is 3.54. The molecule has 6 nitrogen and oxygen atoms in total. The van der Waals surface area contributed by atoms with E-state index in [0.717, 1.165) is 17.2 Å². The number of rotatable bonds is 5. The van der Waals surface area contributed by atoms with Gasteiger partial charge in [-0.3, -0.25) is 4.79 Å². The Morgan fingerprint density at radius 2 is 2.30 bits per heavy atom. The van der Waals surface area contributed by atoms with Crippen molar-refractivity contribution in [2.24, 2.45) is 0 Å². The molecule has 27 heavy (non-hydrogen) atoms. The number of carbonyl (C=O) groups is 1. The van der Waals surface area contributed by atoms with E-state index < -0.39 is 0 Å². The largest absolute Gasteiger partial charge is 0.487 e. The molecule has 1 fully saturated rings. The Hall–Kier alpha value is -2.64. The van der Waals surface area contributed by atoms with Crippen molar-refractivity contribution in [3.05, 3.63) is 70.1 Å². The second kappa shape index (κ2) is 7.94. The van der Waals surface area contributed by atoms with Crippen molar-refractivity contribution in [1.29, 1.82) is 0 Å². The lowest BCUT2D eigenvalue weighted by molar-refractivity contribution is -0.0324. The Kier molecular flexibility index (Phi) is 5.22. The van der Waals surface area contributed by atoms with Gasteiger partial charge in [0.2, 0.25) is 0 Å². The number of hydrogen-bond donors (Lipinski definition) is 0. The molecule has 1 aromatic carbocycles. The summed E-state index contributed by atoms with van der Waals surface area (Å²) in [5, 5.41) is 1.94. The topological polar surface area (TPSA) is 64.8 Å². The molecule has 0 N–H and O–H groups in total. The van der Waals surface area contributed by atoms with E-state index in [0.29, 0.717) is 37.6 Å². The molecule has 140 valence electrons. The van der Waals surface area contributed by atoms with Crippen LogP contribution in [0.4, 0.5) is 0 Å². The molecular weight excluding hydrogens is 364 g/mol. The van der Waals surface area contributed by atoms with Crippen LogP contribution in [0.2, 0.25) is 0 Å². The van der Waals surface area contributed by atoms with Crippen LogP contribution in [0.25, 0.3) is 0 Å². The summed E-state index contributed by atoms with van der Waals surface area (Å²) in [4.78, 5) is 18.9. The van der Waals surface area contributed by atoms with Crippen LogP contribution in [0, 0.1) is 6.92 Å². The summed E-state index contributed by atoms with van der Waals surface area (Å²) in [5.74, 6) is 2.21. The van der Waals surface area contributed by atoms with E-state index >= 15 is 0 Å². The summed E-state index contributed by atoms with van der Waals surface area (Å²) in [5.41, 5.74) is 3.25. The molecule has 0 saturated carbocycles. The first-order valence-corrected chi connectivity index (χ1v) is 9.70. The van der Waals surface area contributed by atoms with Gasteiger partial charge in [-0.25, -0.2) is 4.98 Å².